The molecule has 2 aliphatic rings. The average molecular weight is 263 g/mol. The molecular formula is C12H23ClN2O2. The van der Waals surface area contributed by atoms with Gasteiger partial charge >= 0.3 is 0 Å². The van der Waals surface area contributed by atoms with Crippen LogP contribution in [-0.4, -0.2) is 31.2 Å². The molecule has 17 heavy (non-hydrogen) atoms. The molecule has 0 aromatic carbocycles. The van der Waals surface area contributed by atoms with Crippen molar-refractivity contribution < 1.29 is 9.53 Å². The van der Waals surface area contributed by atoms with Crippen LogP contribution >= 0.6 is 12.4 Å². The zero-order chi connectivity index (χ0) is 11.4. The smallest absolute Gasteiger partial charge is 0.220 e. The third-order valence-electron chi connectivity index (χ3n) is 3.75. The summed E-state index contributed by atoms with van der Waals surface area (Å²) in [6, 6.07) is 0.555. The first kappa shape index (κ1) is 14.7. The van der Waals surface area contributed by atoms with Crippen molar-refractivity contribution in [3.05, 3.63) is 0 Å². The normalized spacial score (nSPS) is 29.7. The Morgan fingerprint density at radius 2 is 1.94 bits per heavy atom. The summed E-state index contributed by atoms with van der Waals surface area (Å²) in [4.78, 5) is 11.8. The first-order valence-electron chi connectivity index (χ1n) is 6.38. The van der Waals surface area contributed by atoms with Gasteiger partial charge in [-0.2, -0.15) is 0 Å². The zero-order valence-electron chi connectivity index (χ0n) is 10.2. The molecule has 2 atom stereocenters. The van der Waals surface area contributed by atoms with E-state index >= 15 is 0 Å². The van der Waals surface area contributed by atoms with Crippen LogP contribution in [0.4, 0.5) is 0 Å². The number of nitrogens with one attached hydrogen (secondary N) is 1. The van der Waals surface area contributed by atoms with Crippen LogP contribution in [-0.2, 0) is 9.53 Å². The largest absolute Gasteiger partial charge is 0.381 e. The third-order valence-corrected chi connectivity index (χ3v) is 3.75. The van der Waals surface area contributed by atoms with E-state index in [9.17, 15) is 4.79 Å². The minimum Gasteiger partial charge on any atom is -0.381 e. The second kappa shape index (κ2) is 7.19. The van der Waals surface area contributed by atoms with Crippen molar-refractivity contribution in [1.82, 2.24) is 5.32 Å². The molecule has 3 N–H and O–H groups in total. The molecule has 1 saturated carbocycles. The fourth-order valence-corrected chi connectivity index (χ4v) is 2.69. The van der Waals surface area contributed by atoms with E-state index < -0.39 is 0 Å². The Balaban J connectivity index is 0.00000144. The van der Waals surface area contributed by atoms with E-state index in [1.54, 1.807) is 0 Å². The van der Waals surface area contributed by atoms with E-state index in [-0.39, 0.29) is 24.4 Å². The molecule has 2 fully saturated rings. The molecule has 1 aliphatic heterocycles. The summed E-state index contributed by atoms with van der Waals surface area (Å²) >= 11 is 0. The Morgan fingerprint density at radius 3 is 2.53 bits per heavy atom. The van der Waals surface area contributed by atoms with Gasteiger partial charge in [0.15, 0.2) is 0 Å². The van der Waals surface area contributed by atoms with Crippen molar-refractivity contribution in [2.24, 2.45) is 11.7 Å². The first-order chi connectivity index (χ1) is 7.75. The summed E-state index contributed by atoms with van der Waals surface area (Å²) in [7, 11) is 0. The van der Waals surface area contributed by atoms with Crippen LogP contribution in [0.3, 0.4) is 0 Å². The zero-order valence-corrected chi connectivity index (χ0v) is 11.0. The summed E-state index contributed by atoms with van der Waals surface area (Å²) < 4.78 is 5.26. The molecule has 1 saturated heterocycles. The Hall–Kier alpha value is -0.320. The number of rotatable bonds is 3. The summed E-state index contributed by atoms with van der Waals surface area (Å²) in [6.07, 6.45) is 5.87. The molecule has 0 spiro atoms. The Labute approximate surface area is 109 Å². The van der Waals surface area contributed by atoms with Crippen molar-refractivity contribution in [2.75, 3.05) is 13.2 Å². The maximum atomic E-state index is 11.8. The fraction of sp³-hybridized carbons (Fsp3) is 0.917. The van der Waals surface area contributed by atoms with Crippen LogP contribution in [0.5, 0.6) is 0 Å². The average Bonchev–Trinajstić information content (AvgIpc) is 2.66. The van der Waals surface area contributed by atoms with Crippen molar-refractivity contribution in [1.29, 1.82) is 0 Å². The maximum absolute atomic E-state index is 11.8. The second-order valence-electron chi connectivity index (χ2n) is 5.01. The molecule has 2 rings (SSSR count). The third kappa shape index (κ3) is 4.45. The van der Waals surface area contributed by atoms with E-state index in [0.717, 1.165) is 38.9 Å². The Bertz CT molecular complexity index is 245. The van der Waals surface area contributed by atoms with Crippen LogP contribution in [0.2, 0.25) is 0 Å². The van der Waals surface area contributed by atoms with Crippen LogP contribution in [0.1, 0.15) is 38.5 Å². The minimum absolute atomic E-state index is 0. The molecule has 0 radical (unpaired) electrons. The van der Waals surface area contributed by atoms with E-state index in [4.69, 9.17) is 10.5 Å². The van der Waals surface area contributed by atoms with Gasteiger partial charge < -0.3 is 15.8 Å². The van der Waals surface area contributed by atoms with Gasteiger partial charge in [0.05, 0.1) is 0 Å². The molecule has 0 bridgehead atoms. The summed E-state index contributed by atoms with van der Waals surface area (Å²) in [5.41, 5.74) is 5.96. The molecule has 0 unspecified atom stereocenters. The quantitative estimate of drug-likeness (QED) is 0.804. The lowest BCUT2D eigenvalue weighted by molar-refractivity contribution is -0.123. The topological polar surface area (TPSA) is 64.4 Å². The van der Waals surface area contributed by atoms with E-state index in [2.05, 4.69) is 5.32 Å². The van der Waals surface area contributed by atoms with Crippen LogP contribution < -0.4 is 11.1 Å². The van der Waals surface area contributed by atoms with Crippen LogP contribution in [0.15, 0.2) is 0 Å². The van der Waals surface area contributed by atoms with Gasteiger partial charge in [-0.05, 0) is 31.6 Å². The number of hydrogen-bond acceptors (Lipinski definition) is 3. The van der Waals surface area contributed by atoms with Crippen LogP contribution in [0.25, 0.3) is 0 Å². The number of carbonyl (C=O) groups excluding carboxylic acids is 1. The molecular weight excluding hydrogens is 240 g/mol. The molecule has 100 valence electrons. The number of halogens is 1. The Kier molecular flexibility index (Phi) is 6.23. The maximum Gasteiger partial charge on any atom is 0.220 e. The molecule has 1 aliphatic carbocycles. The number of hydrogen-bond donors (Lipinski definition) is 2. The highest BCUT2D eigenvalue weighted by Gasteiger charge is 2.27. The van der Waals surface area contributed by atoms with Gasteiger partial charge in [-0.3, -0.25) is 4.79 Å². The predicted octanol–water partition coefficient (Wildman–Crippen LogP) is 1.22. The number of ether oxygens (including phenoxy) is 1. The van der Waals surface area contributed by atoms with Gasteiger partial charge in [-0.25, -0.2) is 0 Å². The minimum atomic E-state index is 0. The number of carbonyl (C=O) groups is 1. The molecule has 1 amide bonds. The molecule has 4 nitrogen and oxygen atoms in total. The highest BCUT2D eigenvalue weighted by molar-refractivity contribution is 5.85. The van der Waals surface area contributed by atoms with Crippen LogP contribution in [0, 0.1) is 5.92 Å². The lowest BCUT2D eigenvalue weighted by atomic mass is 9.99. The van der Waals surface area contributed by atoms with Gasteiger partial charge in [-0.1, -0.05) is 6.42 Å². The van der Waals surface area contributed by atoms with Crippen molar-refractivity contribution >= 4 is 18.3 Å². The first-order valence-corrected chi connectivity index (χ1v) is 6.38. The monoisotopic (exact) mass is 262 g/mol. The predicted molar refractivity (Wildman–Crippen MR) is 69.2 cm³/mol. The summed E-state index contributed by atoms with van der Waals surface area (Å²) in [6.45, 7) is 1.54. The van der Waals surface area contributed by atoms with Gasteiger partial charge in [0.1, 0.15) is 0 Å². The van der Waals surface area contributed by atoms with E-state index in [1.165, 1.54) is 6.42 Å². The molecule has 1 heterocycles. The molecule has 5 heteroatoms. The molecule has 0 aromatic heterocycles. The number of nitrogens with two attached hydrogens (primary N) is 1. The number of amides is 1. The van der Waals surface area contributed by atoms with Gasteiger partial charge in [0.25, 0.3) is 0 Å². The van der Waals surface area contributed by atoms with Gasteiger partial charge in [0.2, 0.25) is 5.91 Å². The standard InChI is InChI=1S/C12H22N2O2.ClH/c13-11-3-1-2-9(11)8-12(15)14-10-4-6-16-7-5-10;/h9-11H,1-8,13H2,(H,14,15);1H/t9-,11+;/m0./s1. The fourth-order valence-electron chi connectivity index (χ4n) is 2.69. The van der Waals surface area contributed by atoms with E-state index in [0.29, 0.717) is 18.4 Å². The van der Waals surface area contributed by atoms with Crippen molar-refractivity contribution in [2.45, 2.75) is 50.6 Å². The Morgan fingerprint density at radius 1 is 1.24 bits per heavy atom. The van der Waals surface area contributed by atoms with Crippen molar-refractivity contribution in [3.8, 4) is 0 Å². The molecule has 0 aromatic rings. The van der Waals surface area contributed by atoms with Crippen molar-refractivity contribution in [3.63, 3.8) is 0 Å². The highest BCUT2D eigenvalue weighted by Crippen LogP contribution is 2.26. The van der Waals surface area contributed by atoms with E-state index in [1.807, 2.05) is 0 Å². The van der Waals surface area contributed by atoms with Gasteiger partial charge in [-0.15, -0.1) is 12.4 Å². The SMILES string of the molecule is Cl.N[C@@H]1CCC[C@H]1CC(=O)NC1CCOCC1. The summed E-state index contributed by atoms with van der Waals surface area (Å²) in [5, 5.41) is 3.09. The van der Waals surface area contributed by atoms with Gasteiger partial charge in [0, 0.05) is 31.7 Å². The second-order valence-corrected chi connectivity index (χ2v) is 5.01. The highest BCUT2D eigenvalue weighted by atomic mass is 35.5. The lowest BCUT2D eigenvalue weighted by Gasteiger charge is -2.24. The summed E-state index contributed by atoms with van der Waals surface area (Å²) in [5.74, 6) is 0.578. The lowest BCUT2D eigenvalue weighted by Crippen LogP contribution is -2.40.